The summed E-state index contributed by atoms with van der Waals surface area (Å²) < 4.78 is 4.80. The number of non-ortho nitro benzene ring substituents is 1. The van der Waals surface area contributed by atoms with E-state index in [2.05, 4.69) is 10.6 Å². The number of nitro benzene ring substituents is 1. The zero-order chi connectivity index (χ0) is 24.3. The van der Waals surface area contributed by atoms with Crippen molar-refractivity contribution in [3.05, 3.63) is 84.2 Å². The predicted molar refractivity (Wildman–Crippen MR) is 126 cm³/mol. The van der Waals surface area contributed by atoms with E-state index in [0.29, 0.717) is 0 Å². The molecule has 0 bridgehead atoms. The minimum Gasteiger partial charge on any atom is -0.465 e. The van der Waals surface area contributed by atoms with Crippen LogP contribution in [-0.2, 0) is 4.74 Å². The second kappa shape index (κ2) is 9.99. The van der Waals surface area contributed by atoms with Crippen LogP contribution in [0.5, 0.6) is 0 Å². The molecule has 170 valence electrons. The Morgan fingerprint density at radius 2 is 1.76 bits per heavy atom. The van der Waals surface area contributed by atoms with Gasteiger partial charge in [0.25, 0.3) is 17.5 Å². The highest BCUT2D eigenvalue weighted by molar-refractivity contribution is 7.19. The third kappa shape index (κ3) is 5.30. The lowest BCUT2D eigenvalue weighted by Crippen LogP contribution is -2.14. The monoisotopic (exact) mass is 507 g/mol. The van der Waals surface area contributed by atoms with Gasteiger partial charge < -0.3 is 15.4 Å². The van der Waals surface area contributed by atoms with Gasteiger partial charge in [-0.2, -0.15) is 0 Å². The number of carbonyl (C=O) groups excluding carboxylic acids is 3. The molecule has 1 heterocycles. The average molecular weight is 508 g/mol. The third-order valence-corrected chi connectivity index (χ3v) is 6.41. The Morgan fingerprint density at radius 1 is 1.03 bits per heavy atom. The number of nitrogens with zero attached hydrogens (tertiary/aromatic N) is 1. The molecule has 3 rings (SSSR count). The zero-order valence-electron chi connectivity index (χ0n) is 17.1. The van der Waals surface area contributed by atoms with Gasteiger partial charge >= 0.3 is 5.97 Å². The molecule has 12 heteroatoms. The number of nitrogens with one attached hydrogen (secondary N) is 2. The van der Waals surface area contributed by atoms with Crippen molar-refractivity contribution in [1.29, 1.82) is 0 Å². The first-order valence-electron chi connectivity index (χ1n) is 9.16. The SMILES string of the molecule is COC(=O)c1c(NC(=O)c2ccc(Cl)c(Cl)c2)sc(C(=O)Nc2cccc([N+](=O)[O-])c2)c1C. The van der Waals surface area contributed by atoms with Gasteiger partial charge in [-0.3, -0.25) is 19.7 Å². The quantitative estimate of drug-likeness (QED) is 0.255. The average Bonchev–Trinajstić information content (AvgIpc) is 3.10. The summed E-state index contributed by atoms with van der Waals surface area (Å²) in [5, 5.41) is 16.7. The molecule has 0 aliphatic rings. The lowest BCUT2D eigenvalue weighted by molar-refractivity contribution is -0.384. The van der Waals surface area contributed by atoms with E-state index in [9.17, 15) is 24.5 Å². The Bertz CT molecular complexity index is 1290. The Morgan fingerprint density at radius 3 is 2.39 bits per heavy atom. The number of rotatable bonds is 6. The highest BCUT2D eigenvalue weighted by Crippen LogP contribution is 2.35. The molecular formula is C21H15Cl2N3O6S. The van der Waals surface area contributed by atoms with Crippen molar-refractivity contribution in [2.75, 3.05) is 17.7 Å². The fourth-order valence-corrected chi connectivity index (χ4v) is 4.25. The number of anilines is 2. The van der Waals surface area contributed by atoms with Crippen molar-refractivity contribution in [1.82, 2.24) is 0 Å². The van der Waals surface area contributed by atoms with Crippen LogP contribution in [-0.4, -0.2) is 29.8 Å². The minimum atomic E-state index is -0.748. The van der Waals surface area contributed by atoms with Gasteiger partial charge in [-0.05, 0) is 36.8 Å². The molecule has 33 heavy (non-hydrogen) atoms. The van der Waals surface area contributed by atoms with Crippen LogP contribution in [0.3, 0.4) is 0 Å². The number of halogens is 2. The van der Waals surface area contributed by atoms with Crippen LogP contribution in [0.2, 0.25) is 10.0 Å². The van der Waals surface area contributed by atoms with Gasteiger partial charge in [0.2, 0.25) is 0 Å². The molecule has 0 radical (unpaired) electrons. The molecule has 0 aliphatic carbocycles. The number of benzene rings is 2. The number of esters is 1. The van der Waals surface area contributed by atoms with E-state index < -0.39 is 22.7 Å². The highest BCUT2D eigenvalue weighted by Gasteiger charge is 2.27. The first kappa shape index (κ1) is 24.2. The van der Waals surface area contributed by atoms with Gasteiger partial charge in [0.1, 0.15) is 5.00 Å². The molecule has 0 saturated carbocycles. The number of methoxy groups -OCH3 is 1. The number of hydrogen-bond acceptors (Lipinski definition) is 7. The van der Waals surface area contributed by atoms with Crippen molar-refractivity contribution in [2.24, 2.45) is 0 Å². The molecule has 0 unspecified atom stereocenters. The summed E-state index contributed by atoms with van der Waals surface area (Å²) >= 11 is 12.7. The maximum Gasteiger partial charge on any atom is 0.341 e. The second-order valence-corrected chi connectivity index (χ2v) is 8.43. The number of nitro groups is 1. The molecule has 3 aromatic rings. The largest absolute Gasteiger partial charge is 0.465 e. The van der Waals surface area contributed by atoms with Crippen molar-refractivity contribution in [3.8, 4) is 0 Å². The van der Waals surface area contributed by atoms with E-state index in [-0.39, 0.29) is 48.0 Å². The van der Waals surface area contributed by atoms with Gasteiger partial charge in [-0.1, -0.05) is 29.3 Å². The Kier molecular flexibility index (Phi) is 7.32. The van der Waals surface area contributed by atoms with Crippen LogP contribution < -0.4 is 10.6 Å². The van der Waals surface area contributed by atoms with Gasteiger partial charge in [0, 0.05) is 23.4 Å². The van der Waals surface area contributed by atoms with Crippen LogP contribution in [0.4, 0.5) is 16.4 Å². The molecule has 0 atom stereocenters. The number of ether oxygens (including phenoxy) is 1. The van der Waals surface area contributed by atoms with Gasteiger partial charge in [-0.25, -0.2) is 4.79 Å². The Labute approximate surface area is 201 Å². The zero-order valence-corrected chi connectivity index (χ0v) is 19.4. The second-order valence-electron chi connectivity index (χ2n) is 6.60. The summed E-state index contributed by atoms with van der Waals surface area (Å²) in [6.45, 7) is 1.53. The normalized spacial score (nSPS) is 10.4. The molecule has 0 fully saturated rings. The fraction of sp³-hybridized carbons (Fsp3) is 0.0952. The molecule has 0 saturated heterocycles. The maximum atomic E-state index is 12.9. The Balaban J connectivity index is 1.93. The first-order valence-corrected chi connectivity index (χ1v) is 10.7. The van der Waals surface area contributed by atoms with E-state index in [4.69, 9.17) is 27.9 Å². The van der Waals surface area contributed by atoms with Crippen LogP contribution in [0.1, 0.15) is 36.0 Å². The number of thiophene rings is 1. The van der Waals surface area contributed by atoms with Gasteiger partial charge in [0.05, 0.1) is 32.5 Å². The molecule has 0 spiro atoms. The summed E-state index contributed by atoms with van der Waals surface area (Å²) in [5.41, 5.74) is 0.483. The molecule has 2 aromatic carbocycles. The van der Waals surface area contributed by atoms with Crippen molar-refractivity contribution >= 4 is 68.7 Å². The lowest BCUT2D eigenvalue weighted by Gasteiger charge is -2.07. The van der Waals surface area contributed by atoms with E-state index in [1.165, 1.54) is 56.5 Å². The standard InChI is InChI=1S/C21H15Cl2N3O6S/c1-10-16(21(29)32-2)20(25-18(27)11-6-7-14(22)15(23)8-11)33-17(10)19(28)24-12-4-3-5-13(9-12)26(30)31/h3-9H,1-2H3,(H,24,28)(H,25,27). The smallest absolute Gasteiger partial charge is 0.341 e. The van der Waals surface area contributed by atoms with Crippen LogP contribution in [0.15, 0.2) is 42.5 Å². The number of carbonyl (C=O) groups is 3. The maximum absolute atomic E-state index is 12.9. The van der Waals surface area contributed by atoms with E-state index in [1.54, 1.807) is 0 Å². The summed E-state index contributed by atoms with van der Waals surface area (Å²) in [5.74, 6) is -1.94. The van der Waals surface area contributed by atoms with Gasteiger partial charge in [0.15, 0.2) is 0 Å². The summed E-state index contributed by atoms with van der Waals surface area (Å²) in [6.07, 6.45) is 0. The van der Waals surface area contributed by atoms with Crippen molar-refractivity contribution in [2.45, 2.75) is 6.92 Å². The molecule has 0 aliphatic heterocycles. The van der Waals surface area contributed by atoms with Gasteiger partial charge in [-0.15, -0.1) is 11.3 Å². The predicted octanol–water partition coefficient (Wildman–Crippen LogP) is 5.56. The minimum absolute atomic E-state index is 0.0140. The molecule has 2 N–H and O–H groups in total. The summed E-state index contributed by atoms with van der Waals surface area (Å²) in [6, 6.07) is 9.69. The summed E-state index contributed by atoms with van der Waals surface area (Å²) in [4.78, 5) is 48.4. The molecule has 2 amide bonds. The Hall–Kier alpha value is -3.47. The molecule has 1 aromatic heterocycles. The lowest BCUT2D eigenvalue weighted by atomic mass is 10.1. The van der Waals surface area contributed by atoms with Crippen molar-refractivity contribution < 1.29 is 24.0 Å². The first-order chi connectivity index (χ1) is 15.6. The molecule has 9 nitrogen and oxygen atoms in total. The van der Waals surface area contributed by atoms with Crippen LogP contribution in [0, 0.1) is 17.0 Å². The highest BCUT2D eigenvalue weighted by atomic mass is 35.5. The van der Waals surface area contributed by atoms with E-state index in [0.717, 1.165) is 11.3 Å². The fourth-order valence-electron chi connectivity index (χ4n) is 2.86. The van der Waals surface area contributed by atoms with E-state index in [1.807, 2.05) is 0 Å². The third-order valence-electron chi connectivity index (χ3n) is 4.47. The van der Waals surface area contributed by atoms with Crippen molar-refractivity contribution in [3.63, 3.8) is 0 Å². The van der Waals surface area contributed by atoms with Crippen LogP contribution >= 0.6 is 34.5 Å². The number of amides is 2. The van der Waals surface area contributed by atoms with Crippen LogP contribution in [0.25, 0.3) is 0 Å². The van der Waals surface area contributed by atoms with E-state index >= 15 is 0 Å². The topological polar surface area (TPSA) is 128 Å². The number of hydrogen-bond donors (Lipinski definition) is 2. The molecular weight excluding hydrogens is 493 g/mol. The summed E-state index contributed by atoms with van der Waals surface area (Å²) in [7, 11) is 1.17.